The molecule has 0 spiro atoms. The van der Waals surface area contributed by atoms with E-state index in [2.05, 4.69) is 10.6 Å². The van der Waals surface area contributed by atoms with Crippen LogP contribution < -0.4 is 10.6 Å². The van der Waals surface area contributed by atoms with Gasteiger partial charge in [-0.1, -0.05) is 35.9 Å². The monoisotopic (exact) mass is 512 g/mol. The van der Waals surface area contributed by atoms with E-state index in [0.717, 1.165) is 29.9 Å². The van der Waals surface area contributed by atoms with Crippen molar-refractivity contribution in [2.75, 3.05) is 20.1 Å². The fourth-order valence-corrected chi connectivity index (χ4v) is 7.11. The van der Waals surface area contributed by atoms with E-state index in [1.165, 1.54) is 38.5 Å². The lowest BCUT2D eigenvalue weighted by molar-refractivity contribution is -0.0503. The normalized spacial score (nSPS) is 26.6. The lowest BCUT2D eigenvalue weighted by Gasteiger charge is -2.56. The van der Waals surface area contributed by atoms with Crippen LogP contribution in [0.2, 0.25) is 5.02 Å². The highest BCUT2D eigenvalue weighted by molar-refractivity contribution is 6.33. The first kappa shape index (κ1) is 26.6. The molecule has 4 bridgehead atoms. The van der Waals surface area contributed by atoms with E-state index >= 15 is 0 Å². The van der Waals surface area contributed by atoms with Crippen LogP contribution in [0.4, 0.5) is 0 Å². The number of aliphatic hydroxyl groups is 1. The number of amides is 1. The molecule has 4 aliphatic carbocycles. The summed E-state index contributed by atoms with van der Waals surface area (Å²) in [4.78, 5) is 23.1. The SMILES string of the molecule is CNC[C@H](O)Cc1ccc(Cl)c(C(=O)NCC23CC4CC(CC(C4)C2)C3)c1.O=C(O)c1ccccc1. The fraction of sp³-hybridized carbons (Fsp3) is 0.517. The first-order valence-electron chi connectivity index (χ1n) is 12.9. The minimum Gasteiger partial charge on any atom is -0.478 e. The molecule has 4 fully saturated rings. The zero-order valence-electron chi connectivity index (χ0n) is 20.9. The maximum absolute atomic E-state index is 12.9. The number of carboxylic acid groups (broad SMARTS) is 1. The first-order chi connectivity index (χ1) is 17.3. The van der Waals surface area contributed by atoms with Crippen LogP contribution in [-0.4, -0.2) is 48.3 Å². The number of nitrogens with one attached hydrogen (secondary N) is 2. The van der Waals surface area contributed by atoms with Crippen LogP contribution in [0.25, 0.3) is 0 Å². The highest BCUT2D eigenvalue weighted by Gasteiger charge is 2.50. The van der Waals surface area contributed by atoms with Gasteiger partial charge in [-0.25, -0.2) is 4.79 Å². The topological polar surface area (TPSA) is 98.7 Å². The predicted octanol–water partition coefficient (Wildman–Crippen LogP) is 4.79. The Morgan fingerprint density at radius 1 is 1.03 bits per heavy atom. The molecule has 0 heterocycles. The summed E-state index contributed by atoms with van der Waals surface area (Å²) in [7, 11) is 1.81. The molecule has 0 aromatic heterocycles. The van der Waals surface area contributed by atoms with Gasteiger partial charge in [-0.15, -0.1) is 0 Å². The molecule has 0 aliphatic heterocycles. The molecule has 4 saturated carbocycles. The second-order valence-electron chi connectivity index (χ2n) is 11.0. The van der Waals surface area contributed by atoms with Gasteiger partial charge in [0.05, 0.1) is 22.3 Å². The zero-order valence-corrected chi connectivity index (χ0v) is 21.6. The van der Waals surface area contributed by atoms with Gasteiger partial charge in [-0.2, -0.15) is 0 Å². The van der Waals surface area contributed by atoms with E-state index in [9.17, 15) is 14.7 Å². The number of hydrogen-bond acceptors (Lipinski definition) is 4. The number of aromatic carboxylic acids is 1. The Bertz CT molecular complexity index is 1020. The number of hydrogen-bond donors (Lipinski definition) is 4. The lowest BCUT2D eigenvalue weighted by Crippen LogP contribution is -2.51. The second-order valence-corrected chi connectivity index (χ2v) is 11.4. The summed E-state index contributed by atoms with van der Waals surface area (Å²) in [5.74, 6) is 1.69. The molecule has 6 rings (SSSR count). The van der Waals surface area contributed by atoms with Gasteiger partial charge in [-0.05, 0) is 105 Å². The van der Waals surface area contributed by atoms with Gasteiger partial charge in [0.2, 0.25) is 0 Å². The summed E-state index contributed by atoms with van der Waals surface area (Å²) >= 11 is 6.31. The van der Waals surface area contributed by atoms with Crippen molar-refractivity contribution in [3.05, 3.63) is 70.2 Å². The molecule has 6 nitrogen and oxygen atoms in total. The molecular weight excluding hydrogens is 476 g/mol. The Balaban J connectivity index is 0.000000286. The fourth-order valence-electron chi connectivity index (χ4n) is 6.90. The molecule has 4 aliphatic rings. The molecule has 2 aromatic carbocycles. The number of carbonyl (C=O) groups is 2. The third-order valence-corrected chi connectivity index (χ3v) is 8.33. The number of likely N-dealkylation sites (N-methyl/N-ethyl adjacent to an activating group) is 1. The third-order valence-electron chi connectivity index (χ3n) is 8.00. The molecular formula is C29H37ClN2O4. The van der Waals surface area contributed by atoms with Gasteiger partial charge < -0.3 is 20.8 Å². The molecule has 0 saturated heterocycles. The van der Waals surface area contributed by atoms with Crippen LogP contribution in [0.15, 0.2) is 48.5 Å². The number of halogens is 1. The van der Waals surface area contributed by atoms with E-state index in [1.807, 2.05) is 19.2 Å². The molecule has 1 amide bonds. The quantitative estimate of drug-likeness (QED) is 0.407. The van der Waals surface area contributed by atoms with Crippen LogP contribution in [-0.2, 0) is 6.42 Å². The lowest BCUT2D eigenvalue weighted by atomic mass is 9.49. The molecule has 0 radical (unpaired) electrons. The molecule has 0 unspecified atom stereocenters. The van der Waals surface area contributed by atoms with E-state index in [1.54, 1.807) is 36.4 Å². The van der Waals surface area contributed by atoms with Crippen LogP contribution in [0, 0.1) is 23.2 Å². The van der Waals surface area contributed by atoms with Crippen LogP contribution >= 0.6 is 11.6 Å². The standard InChI is InChI=1S/C22H31ClN2O2.C7H6O2/c1-24-12-18(26)7-14-2-3-20(23)19(8-14)21(27)25-13-22-9-15-4-16(10-22)6-17(5-15)11-22;8-7(9)6-4-2-1-3-5-6/h2-3,8,15-18,24,26H,4-7,9-13H2,1H3,(H,25,27);1-5H,(H,8,9)/t15?,16?,17?,18-,22?;/m1./s1. The Morgan fingerprint density at radius 3 is 2.17 bits per heavy atom. The minimum absolute atomic E-state index is 0.0827. The molecule has 1 atom stereocenters. The smallest absolute Gasteiger partial charge is 0.335 e. The summed E-state index contributed by atoms with van der Waals surface area (Å²) in [6, 6.07) is 13.8. The van der Waals surface area contributed by atoms with Crippen molar-refractivity contribution < 1.29 is 19.8 Å². The average Bonchev–Trinajstić information content (AvgIpc) is 2.84. The Kier molecular flexibility index (Phi) is 8.70. The number of carboxylic acids is 1. The maximum Gasteiger partial charge on any atom is 0.335 e. The largest absolute Gasteiger partial charge is 0.478 e. The first-order valence-corrected chi connectivity index (χ1v) is 13.3. The second kappa shape index (κ2) is 11.8. The van der Waals surface area contributed by atoms with Gasteiger partial charge in [-0.3, -0.25) is 4.79 Å². The van der Waals surface area contributed by atoms with Crippen molar-refractivity contribution >= 4 is 23.5 Å². The van der Waals surface area contributed by atoms with Crippen LogP contribution in [0.5, 0.6) is 0 Å². The van der Waals surface area contributed by atoms with Crippen molar-refractivity contribution in [2.24, 2.45) is 23.2 Å². The average molecular weight is 513 g/mol. The number of benzene rings is 2. The summed E-state index contributed by atoms with van der Waals surface area (Å²) in [6.45, 7) is 1.30. The van der Waals surface area contributed by atoms with E-state index in [4.69, 9.17) is 16.7 Å². The summed E-state index contributed by atoms with van der Waals surface area (Å²) in [6.07, 6.45) is 8.12. The van der Waals surface area contributed by atoms with Gasteiger partial charge in [0, 0.05) is 13.1 Å². The zero-order chi connectivity index (χ0) is 25.7. The Labute approximate surface area is 218 Å². The molecule has 7 heteroatoms. The van der Waals surface area contributed by atoms with Crippen LogP contribution in [0.1, 0.15) is 64.8 Å². The van der Waals surface area contributed by atoms with Crippen molar-refractivity contribution in [3.63, 3.8) is 0 Å². The summed E-state index contributed by atoms with van der Waals surface area (Å²) < 4.78 is 0. The van der Waals surface area contributed by atoms with Crippen molar-refractivity contribution in [1.82, 2.24) is 10.6 Å². The van der Waals surface area contributed by atoms with Crippen LogP contribution in [0.3, 0.4) is 0 Å². The number of carbonyl (C=O) groups excluding carboxylic acids is 1. The Morgan fingerprint density at radius 2 is 1.64 bits per heavy atom. The molecule has 2 aromatic rings. The van der Waals surface area contributed by atoms with E-state index in [-0.39, 0.29) is 5.91 Å². The highest BCUT2D eigenvalue weighted by atomic mass is 35.5. The summed E-state index contributed by atoms with van der Waals surface area (Å²) in [5.41, 5.74) is 2.10. The van der Waals surface area contributed by atoms with Gasteiger partial charge in [0.15, 0.2) is 0 Å². The van der Waals surface area contributed by atoms with Gasteiger partial charge >= 0.3 is 5.97 Å². The molecule has 4 N–H and O–H groups in total. The summed E-state index contributed by atoms with van der Waals surface area (Å²) in [5, 5.41) is 25.0. The van der Waals surface area contributed by atoms with E-state index in [0.29, 0.717) is 34.5 Å². The van der Waals surface area contributed by atoms with Crippen molar-refractivity contribution in [3.8, 4) is 0 Å². The molecule has 194 valence electrons. The minimum atomic E-state index is -0.879. The third kappa shape index (κ3) is 6.67. The van der Waals surface area contributed by atoms with Gasteiger partial charge in [0.1, 0.15) is 0 Å². The molecule has 36 heavy (non-hydrogen) atoms. The Hall–Kier alpha value is -2.41. The van der Waals surface area contributed by atoms with Crippen molar-refractivity contribution in [1.29, 1.82) is 0 Å². The van der Waals surface area contributed by atoms with Gasteiger partial charge in [0.25, 0.3) is 5.91 Å². The maximum atomic E-state index is 12.9. The number of aliphatic hydroxyl groups excluding tert-OH is 1. The highest BCUT2D eigenvalue weighted by Crippen LogP contribution is 2.59. The van der Waals surface area contributed by atoms with Crippen molar-refractivity contribution in [2.45, 2.75) is 51.0 Å². The number of rotatable bonds is 8. The predicted molar refractivity (Wildman–Crippen MR) is 141 cm³/mol. The van der Waals surface area contributed by atoms with E-state index < -0.39 is 12.1 Å².